The molecule has 3 nitrogen and oxygen atoms in total. The first-order valence-electron chi connectivity index (χ1n) is 7.43. The van der Waals surface area contributed by atoms with Gasteiger partial charge in [-0.25, -0.2) is 4.98 Å². The van der Waals surface area contributed by atoms with Crippen LogP contribution in [0, 0.1) is 19.8 Å². The standard InChI is InChI=1S/C16H27N3/c1-11-7-6-8-19(14(11)4)16-15(10-17-5)12(2)9-13(3)18-16/h9,11,14,17H,6-8,10H2,1-5H3. The van der Waals surface area contributed by atoms with Crippen LogP contribution in [0.25, 0.3) is 0 Å². The monoisotopic (exact) mass is 261 g/mol. The van der Waals surface area contributed by atoms with Gasteiger partial charge in [0.2, 0.25) is 0 Å². The summed E-state index contributed by atoms with van der Waals surface area (Å²) in [6.07, 6.45) is 2.61. The maximum atomic E-state index is 4.85. The second-order valence-corrected chi connectivity index (χ2v) is 5.97. The minimum atomic E-state index is 0.582. The number of anilines is 1. The van der Waals surface area contributed by atoms with Gasteiger partial charge in [0.05, 0.1) is 0 Å². The van der Waals surface area contributed by atoms with E-state index in [0.29, 0.717) is 6.04 Å². The van der Waals surface area contributed by atoms with Gasteiger partial charge in [-0.05, 0) is 58.2 Å². The summed E-state index contributed by atoms with van der Waals surface area (Å²) in [7, 11) is 2.01. The molecule has 1 fully saturated rings. The molecule has 1 N–H and O–H groups in total. The van der Waals surface area contributed by atoms with Gasteiger partial charge in [0, 0.05) is 30.4 Å². The number of hydrogen-bond donors (Lipinski definition) is 1. The molecule has 0 bridgehead atoms. The van der Waals surface area contributed by atoms with Crippen molar-refractivity contribution in [3.63, 3.8) is 0 Å². The summed E-state index contributed by atoms with van der Waals surface area (Å²) in [5, 5.41) is 3.28. The van der Waals surface area contributed by atoms with Crippen molar-refractivity contribution in [2.24, 2.45) is 5.92 Å². The van der Waals surface area contributed by atoms with E-state index in [0.717, 1.165) is 24.7 Å². The van der Waals surface area contributed by atoms with Gasteiger partial charge >= 0.3 is 0 Å². The van der Waals surface area contributed by atoms with E-state index in [1.165, 1.54) is 29.8 Å². The predicted octanol–water partition coefficient (Wildman–Crippen LogP) is 3.04. The molecule has 3 heteroatoms. The molecular formula is C16H27N3. The number of hydrogen-bond acceptors (Lipinski definition) is 3. The first-order valence-corrected chi connectivity index (χ1v) is 7.43. The predicted molar refractivity (Wildman–Crippen MR) is 81.7 cm³/mol. The molecule has 1 saturated heterocycles. The van der Waals surface area contributed by atoms with E-state index in [1.54, 1.807) is 0 Å². The molecule has 1 aromatic heterocycles. The van der Waals surface area contributed by atoms with Crippen molar-refractivity contribution >= 4 is 5.82 Å². The van der Waals surface area contributed by atoms with Gasteiger partial charge < -0.3 is 10.2 Å². The lowest BCUT2D eigenvalue weighted by atomic mass is 9.91. The number of aromatic nitrogens is 1. The fourth-order valence-corrected chi connectivity index (χ4v) is 3.11. The average Bonchev–Trinajstić information content (AvgIpc) is 2.36. The number of aryl methyl sites for hydroxylation is 2. The molecule has 0 radical (unpaired) electrons. The van der Waals surface area contributed by atoms with Gasteiger partial charge in [0.25, 0.3) is 0 Å². The van der Waals surface area contributed by atoms with Gasteiger partial charge in [0.15, 0.2) is 0 Å². The lowest BCUT2D eigenvalue weighted by Crippen LogP contribution is -2.43. The summed E-state index contributed by atoms with van der Waals surface area (Å²) >= 11 is 0. The zero-order valence-corrected chi connectivity index (χ0v) is 13.0. The number of pyridine rings is 1. The summed E-state index contributed by atoms with van der Waals surface area (Å²) in [5.74, 6) is 1.95. The number of nitrogens with zero attached hydrogens (tertiary/aromatic N) is 2. The van der Waals surface area contributed by atoms with Crippen LogP contribution in [-0.2, 0) is 6.54 Å². The zero-order chi connectivity index (χ0) is 14.0. The third-order valence-electron chi connectivity index (χ3n) is 4.45. The minimum absolute atomic E-state index is 0.582. The van der Waals surface area contributed by atoms with Crippen molar-refractivity contribution in [3.05, 3.63) is 22.9 Å². The normalized spacial score (nSPS) is 23.7. The SMILES string of the molecule is CNCc1c(C)cc(C)nc1N1CCCC(C)C1C. The van der Waals surface area contributed by atoms with E-state index in [2.05, 4.69) is 44.0 Å². The molecule has 2 unspecified atom stereocenters. The second kappa shape index (κ2) is 5.91. The average molecular weight is 261 g/mol. The largest absolute Gasteiger partial charge is 0.353 e. The molecule has 1 aliphatic rings. The molecule has 19 heavy (non-hydrogen) atoms. The first-order chi connectivity index (χ1) is 9.04. The van der Waals surface area contributed by atoms with E-state index in [9.17, 15) is 0 Å². The third-order valence-corrected chi connectivity index (χ3v) is 4.45. The third kappa shape index (κ3) is 2.92. The van der Waals surface area contributed by atoms with Crippen molar-refractivity contribution in [1.29, 1.82) is 0 Å². The molecule has 2 atom stereocenters. The van der Waals surface area contributed by atoms with E-state index in [-0.39, 0.29) is 0 Å². The van der Waals surface area contributed by atoms with Gasteiger partial charge in [-0.1, -0.05) is 6.92 Å². The summed E-state index contributed by atoms with van der Waals surface area (Å²) < 4.78 is 0. The molecule has 0 saturated carbocycles. The molecule has 0 amide bonds. The molecule has 1 aromatic rings. The van der Waals surface area contributed by atoms with Crippen LogP contribution in [0.3, 0.4) is 0 Å². The van der Waals surface area contributed by atoms with E-state index in [1.807, 2.05) is 7.05 Å². The van der Waals surface area contributed by atoms with Crippen LogP contribution in [0.15, 0.2) is 6.07 Å². The Morgan fingerprint density at radius 3 is 2.79 bits per heavy atom. The van der Waals surface area contributed by atoms with Crippen LogP contribution in [0.2, 0.25) is 0 Å². The van der Waals surface area contributed by atoms with Crippen LogP contribution < -0.4 is 10.2 Å². The molecule has 0 spiro atoms. The van der Waals surface area contributed by atoms with Crippen LogP contribution in [0.4, 0.5) is 5.82 Å². The lowest BCUT2D eigenvalue weighted by Gasteiger charge is -2.40. The Kier molecular flexibility index (Phi) is 4.46. The fraction of sp³-hybridized carbons (Fsp3) is 0.688. The second-order valence-electron chi connectivity index (χ2n) is 5.97. The molecule has 0 aromatic carbocycles. The summed E-state index contributed by atoms with van der Waals surface area (Å²) in [4.78, 5) is 7.36. The maximum absolute atomic E-state index is 4.85. The van der Waals surface area contributed by atoms with Crippen LogP contribution in [0.1, 0.15) is 43.5 Å². The topological polar surface area (TPSA) is 28.2 Å². The van der Waals surface area contributed by atoms with Crippen molar-refractivity contribution in [3.8, 4) is 0 Å². The number of rotatable bonds is 3. The minimum Gasteiger partial charge on any atom is -0.353 e. The van der Waals surface area contributed by atoms with Crippen molar-refractivity contribution < 1.29 is 0 Å². The van der Waals surface area contributed by atoms with E-state index >= 15 is 0 Å². The molecular weight excluding hydrogens is 234 g/mol. The first kappa shape index (κ1) is 14.3. The van der Waals surface area contributed by atoms with Gasteiger partial charge in [0.1, 0.15) is 5.82 Å². The molecule has 106 valence electrons. The highest BCUT2D eigenvalue weighted by Gasteiger charge is 2.27. The van der Waals surface area contributed by atoms with Crippen LogP contribution in [0.5, 0.6) is 0 Å². The number of nitrogens with one attached hydrogen (secondary N) is 1. The highest BCUT2D eigenvalue weighted by atomic mass is 15.2. The number of piperidine rings is 1. The van der Waals surface area contributed by atoms with Crippen LogP contribution >= 0.6 is 0 Å². The molecule has 2 rings (SSSR count). The van der Waals surface area contributed by atoms with Gasteiger partial charge in [-0.15, -0.1) is 0 Å². The Balaban J connectivity index is 2.41. The quantitative estimate of drug-likeness (QED) is 0.906. The van der Waals surface area contributed by atoms with Crippen molar-refractivity contribution in [2.45, 2.75) is 53.1 Å². The Labute approximate surface area is 117 Å². The van der Waals surface area contributed by atoms with Crippen LogP contribution in [-0.4, -0.2) is 24.6 Å². The molecule has 1 aliphatic heterocycles. The fourth-order valence-electron chi connectivity index (χ4n) is 3.11. The van der Waals surface area contributed by atoms with E-state index < -0.39 is 0 Å². The molecule has 0 aliphatic carbocycles. The Hall–Kier alpha value is -1.09. The van der Waals surface area contributed by atoms with Gasteiger partial charge in [-0.2, -0.15) is 0 Å². The highest BCUT2D eigenvalue weighted by molar-refractivity contribution is 5.52. The van der Waals surface area contributed by atoms with Gasteiger partial charge in [-0.3, -0.25) is 0 Å². The smallest absolute Gasteiger partial charge is 0.133 e. The van der Waals surface area contributed by atoms with E-state index in [4.69, 9.17) is 4.98 Å². The Morgan fingerprint density at radius 1 is 1.37 bits per heavy atom. The Morgan fingerprint density at radius 2 is 2.11 bits per heavy atom. The van der Waals surface area contributed by atoms with Crippen molar-refractivity contribution in [2.75, 3.05) is 18.5 Å². The summed E-state index contributed by atoms with van der Waals surface area (Å²) in [5.41, 5.74) is 3.83. The Bertz CT molecular complexity index is 442. The zero-order valence-electron chi connectivity index (χ0n) is 13.0. The summed E-state index contributed by atoms with van der Waals surface area (Å²) in [6, 6.07) is 2.77. The maximum Gasteiger partial charge on any atom is 0.133 e. The summed E-state index contributed by atoms with van der Waals surface area (Å²) in [6.45, 7) is 11.0. The highest BCUT2D eigenvalue weighted by Crippen LogP contribution is 2.31. The van der Waals surface area contributed by atoms with Crippen molar-refractivity contribution in [1.82, 2.24) is 10.3 Å². The molecule has 2 heterocycles. The lowest BCUT2D eigenvalue weighted by molar-refractivity contribution is 0.360.